The van der Waals surface area contributed by atoms with Crippen LogP contribution < -0.4 is 0 Å². The monoisotopic (exact) mass is 332 g/mol. The molecular formula is C6H11S4Sb. The zero-order chi connectivity index (χ0) is 7.52. The first kappa shape index (κ1) is 9.76. The van der Waals surface area contributed by atoms with Crippen LogP contribution in [0.2, 0.25) is 0 Å². The normalized spacial score (nSPS) is 36.0. The molecule has 0 saturated carbocycles. The first-order valence-electron chi connectivity index (χ1n) is 3.74. The molecule has 2 fully saturated rings. The van der Waals surface area contributed by atoms with E-state index in [4.69, 9.17) is 0 Å². The Balaban J connectivity index is 1.46. The standard InChI is InChI=1S/2C3H6S2.Sb.H/c2*4-3-1-2-5-3;;/h2*3-4H,1-2H2;;/q;;+2;/p-2. The third kappa shape index (κ3) is 3.12. The summed E-state index contributed by atoms with van der Waals surface area (Å²) < 4.78 is 2.05. The molecule has 0 aromatic carbocycles. The third-order valence-electron chi connectivity index (χ3n) is 1.67. The average molecular weight is 333 g/mol. The van der Waals surface area contributed by atoms with Gasteiger partial charge in [0.05, 0.1) is 0 Å². The summed E-state index contributed by atoms with van der Waals surface area (Å²) in [6.45, 7) is 0. The van der Waals surface area contributed by atoms with Crippen molar-refractivity contribution in [3.05, 3.63) is 0 Å². The van der Waals surface area contributed by atoms with Gasteiger partial charge in [-0.3, -0.25) is 0 Å². The molecule has 0 amide bonds. The molecule has 64 valence electrons. The summed E-state index contributed by atoms with van der Waals surface area (Å²) in [7, 11) is 4.65. The van der Waals surface area contributed by atoms with Crippen LogP contribution in [0.15, 0.2) is 0 Å². The summed E-state index contributed by atoms with van der Waals surface area (Å²) in [4.78, 5) is 0. The molecule has 2 heterocycles. The molecular weight excluding hydrogens is 322 g/mol. The summed E-state index contributed by atoms with van der Waals surface area (Å²) in [5.41, 5.74) is 0. The number of hydrogen-bond donors (Lipinski definition) is 0. The maximum atomic E-state index is 2.32. The van der Waals surface area contributed by atoms with Gasteiger partial charge in [0, 0.05) is 0 Å². The molecule has 0 aliphatic carbocycles. The van der Waals surface area contributed by atoms with E-state index in [2.05, 4.69) is 41.2 Å². The number of thioether (sulfide) groups is 2. The Morgan fingerprint density at radius 2 is 1.45 bits per heavy atom. The first-order valence-corrected chi connectivity index (χ1v) is 14.6. The number of hydrogen-bond acceptors (Lipinski definition) is 4. The fourth-order valence-electron chi connectivity index (χ4n) is 0.749. The van der Waals surface area contributed by atoms with Crippen LogP contribution in [0, 0.1) is 0 Å². The van der Waals surface area contributed by atoms with Gasteiger partial charge in [-0.1, -0.05) is 0 Å². The molecule has 0 spiro atoms. The topological polar surface area (TPSA) is 0 Å². The van der Waals surface area contributed by atoms with Crippen molar-refractivity contribution < 1.29 is 0 Å². The first-order chi connectivity index (χ1) is 5.45. The van der Waals surface area contributed by atoms with Crippen LogP contribution in [0.25, 0.3) is 0 Å². The van der Waals surface area contributed by atoms with E-state index in [1.807, 2.05) is 0 Å². The van der Waals surface area contributed by atoms with Crippen LogP contribution in [0.5, 0.6) is 0 Å². The fourth-order valence-corrected chi connectivity index (χ4v) is 21.8. The van der Waals surface area contributed by atoms with Gasteiger partial charge in [-0.25, -0.2) is 0 Å². The molecule has 0 aromatic heterocycles. The Morgan fingerprint density at radius 3 is 1.73 bits per heavy atom. The molecule has 2 saturated heterocycles. The van der Waals surface area contributed by atoms with Gasteiger partial charge < -0.3 is 0 Å². The van der Waals surface area contributed by atoms with E-state index < -0.39 is 0 Å². The van der Waals surface area contributed by atoms with Crippen LogP contribution in [0.4, 0.5) is 0 Å². The summed E-state index contributed by atoms with van der Waals surface area (Å²) in [6, 6.07) is 0. The fraction of sp³-hybridized carbons (Fsp3) is 1.00. The predicted molar refractivity (Wildman–Crippen MR) is 64.1 cm³/mol. The van der Waals surface area contributed by atoms with Crippen LogP contribution in [0.3, 0.4) is 0 Å². The van der Waals surface area contributed by atoms with Crippen molar-refractivity contribution in [3.8, 4) is 0 Å². The molecule has 0 N–H and O–H groups in total. The molecule has 5 heteroatoms. The van der Waals surface area contributed by atoms with E-state index in [-0.39, 0.29) is 18.8 Å². The van der Waals surface area contributed by atoms with Crippen LogP contribution in [0.1, 0.15) is 12.8 Å². The molecule has 11 heavy (non-hydrogen) atoms. The van der Waals surface area contributed by atoms with E-state index in [0.29, 0.717) is 0 Å². The van der Waals surface area contributed by atoms with E-state index >= 15 is 0 Å². The van der Waals surface area contributed by atoms with Gasteiger partial charge in [-0.2, -0.15) is 0 Å². The Labute approximate surface area is 92.5 Å². The molecule has 2 unspecified atom stereocenters. The molecule has 2 aliphatic heterocycles. The van der Waals surface area contributed by atoms with Gasteiger partial charge in [0.2, 0.25) is 0 Å². The Morgan fingerprint density at radius 1 is 1.00 bits per heavy atom. The second-order valence-electron chi connectivity index (χ2n) is 2.50. The van der Waals surface area contributed by atoms with Crippen LogP contribution in [-0.2, 0) is 0 Å². The average Bonchev–Trinajstić information content (AvgIpc) is 1.79. The van der Waals surface area contributed by atoms with Crippen molar-refractivity contribution in [3.63, 3.8) is 0 Å². The van der Waals surface area contributed by atoms with Crippen LogP contribution in [-0.4, -0.2) is 39.5 Å². The summed E-state index contributed by atoms with van der Waals surface area (Å²) in [5, 5.41) is 0. The summed E-state index contributed by atoms with van der Waals surface area (Å²) >= 11 is 4.27. The Kier molecular flexibility index (Phi) is 4.60. The quantitative estimate of drug-likeness (QED) is 0.725. The zero-order valence-electron chi connectivity index (χ0n) is 6.12. The predicted octanol–water partition coefficient (Wildman–Crippen LogP) is 2.65. The molecule has 0 radical (unpaired) electrons. The maximum absolute atomic E-state index is 2.32. The molecule has 2 atom stereocenters. The van der Waals surface area contributed by atoms with Crippen molar-refractivity contribution in [2.24, 2.45) is 0 Å². The van der Waals surface area contributed by atoms with Crippen molar-refractivity contribution >= 4 is 60.0 Å². The SMILES string of the molecule is C1CC([S][SbH][S]C2CCS2)S1. The summed E-state index contributed by atoms with van der Waals surface area (Å²) in [5.74, 6) is 2.86. The van der Waals surface area contributed by atoms with E-state index in [1.165, 1.54) is 24.3 Å². The molecule has 2 rings (SSSR count). The van der Waals surface area contributed by atoms with Gasteiger partial charge in [0.1, 0.15) is 0 Å². The molecule has 0 bridgehead atoms. The molecule has 2 aliphatic rings. The zero-order valence-corrected chi connectivity index (χ0v) is 12.2. The van der Waals surface area contributed by atoms with Crippen molar-refractivity contribution in [2.45, 2.75) is 22.0 Å². The second kappa shape index (κ2) is 5.19. The van der Waals surface area contributed by atoms with Gasteiger partial charge in [-0.15, -0.1) is 0 Å². The third-order valence-corrected chi connectivity index (χ3v) is 19.7. The molecule has 0 aromatic rings. The van der Waals surface area contributed by atoms with E-state index in [9.17, 15) is 0 Å². The Hall–Kier alpha value is 2.22. The van der Waals surface area contributed by atoms with E-state index in [0.717, 1.165) is 9.16 Å². The van der Waals surface area contributed by atoms with Crippen molar-refractivity contribution in [1.82, 2.24) is 0 Å². The second-order valence-corrected chi connectivity index (χ2v) is 16.3. The van der Waals surface area contributed by atoms with Gasteiger partial charge in [0.15, 0.2) is 0 Å². The Bertz CT molecular complexity index is 110. The van der Waals surface area contributed by atoms with E-state index in [1.54, 1.807) is 0 Å². The minimum absolute atomic E-state index is 0.0668. The number of rotatable bonds is 4. The minimum atomic E-state index is -0.0668. The van der Waals surface area contributed by atoms with Gasteiger partial charge in [-0.05, 0) is 0 Å². The van der Waals surface area contributed by atoms with Gasteiger partial charge in [0.25, 0.3) is 0 Å². The van der Waals surface area contributed by atoms with Crippen LogP contribution >= 0.6 is 41.2 Å². The molecule has 0 nitrogen and oxygen atoms in total. The summed E-state index contributed by atoms with van der Waals surface area (Å²) in [6.07, 6.45) is 2.99. The van der Waals surface area contributed by atoms with Crippen molar-refractivity contribution in [1.29, 1.82) is 0 Å². The van der Waals surface area contributed by atoms with Crippen molar-refractivity contribution in [2.75, 3.05) is 11.5 Å². The van der Waals surface area contributed by atoms with Gasteiger partial charge >= 0.3 is 93.5 Å².